The Morgan fingerprint density at radius 2 is 1.70 bits per heavy atom. The maximum Gasteiger partial charge on any atom is 0.416 e. The number of rotatable bonds is 3. The van der Waals surface area contributed by atoms with E-state index in [0.717, 1.165) is 17.7 Å². The summed E-state index contributed by atoms with van der Waals surface area (Å²) in [5.74, 6) is -0.975. The molecular formula is C17H17F3O3. The van der Waals surface area contributed by atoms with Crippen LogP contribution < -0.4 is 4.74 Å². The van der Waals surface area contributed by atoms with Crippen LogP contribution in [-0.2, 0) is 11.0 Å². The van der Waals surface area contributed by atoms with E-state index >= 15 is 0 Å². The van der Waals surface area contributed by atoms with Crippen LogP contribution in [0.3, 0.4) is 0 Å². The van der Waals surface area contributed by atoms with Crippen molar-refractivity contribution in [2.24, 2.45) is 0 Å². The van der Waals surface area contributed by atoms with Crippen molar-refractivity contribution in [3.8, 4) is 5.75 Å². The Kier molecular flexibility index (Phi) is 6.63. The highest BCUT2D eigenvalue weighted by atomic mass is 19.4. The Balaban J connectivity index is 0.000000231. The molecule has 2 aromatic rings. The fourth-order valence-corrected chi connectivity index (χ4v) is 1.68. The molecule has 1 unspecified atom stereocenters. The van der Waals surface area contributed by atoms with Crippen LogP contribution in [0.25, 0.3) is 0 Å². The molecule has 0 bridgehead atoms. The predicted octanol–water partition coefficient (Wildman–Crippen LogP) is 4.59. The van der Waals surface area contributed by atoms with Crippen LogP contribution in [-0.4, -0.2) is 18.2 Å². The summed E-state index contributed by atoms with van der Waals surface area (Å²) in [4.78, 5) is 10.5. The first-order valence-electron chi connectivity index (χ1n) is 6.74. The van der Waals surface area contributed by atoms with Crippen LogP contribution in [0.4, 0.5) is 13.2 Å². The van der Waals surface area contributed by atoms with Crippen LogP contribution in [0.15, 0.2) is 54.6 Å². The van der Waals surface area contributed by atoms with Crippen molar-refractivity contribution < 1.29 is 27.8 Å². The highest BCUT2D eigenvalue weighted by molar-refractivity contribution is 5.75. The van der Waals surface area contributed by atoms with Gasteiger partial charge in [-0.1, -0.05) is 36.4 Å². The molecule has 0 fully saturated rings. The highest BCUT2D eigenvalue weighted by Gasteiger charge is 2.30. The van der Waals surface area contributed by atoms with Gasteiger partial charge in [0.2, 0.25) is 0 Å². The van der Waals surface area contributed by atoms with Crippen molar-refractivity contribution >= 4 is 5.97 Å². The minimum atomic E-state index is -4.30. The fraction of sp³-hybridized carbons (Fsp3) is 0.235. The molecule has 0 amide bonds. The lowest BCUT2D eigenvalue weighted by Crippen LogP contribution is -2.06. The number of hydrogen-bond donors (Lipinski definition) is 1. The van der Waals surface area contributed by atoms with Crippen LogP contribution >= 0.6 is 0 Å². The van der Waals surface area contributed by atoms with E-state index in [1.807, 2.05) is 30.3 Å². The van der Waals surface area contributed by atoms with Crippen molar-refractivity contribution in [3.05, 3.63) is 65.7 Å². The first-order valence-corrected chi connectivity index (χ1v) is 6.74. The van der Waals surface area contributed by atoms with Gasteiger partial charge >= 0.3 is 12.1 Å². The van der Waals surface area contributed by atoms with E-state index in [-0.39, 0.29) is 5.75 Å². The molecule has 3 nitrogen and oxygen atoms in total. The standard InChI is InChI=1S/C9H10O2.C8H7F3O/c1-7(9(10)11)8-5-3-2-4-6-8;1-12-7-4-2-3-6(5-7)8(9,10)11/h2-7H,1H3,(H,10,11);2-5H,1H3. The average molecular weight is 326 g/mol. The van der Waals surface area contributed by atoms with Crippen molar-refractivity contribution in [1.82, 2.24) is 0 Å². The molecule has 0 aliphatic carbocycles. The van der Waals surface area contributed by atoms with E-state index in [9.17, 15) is 18.0 Å². The summed E-state index contributed by atoms with van der Waals surface area (Å²) in [7, 11) is 1.33. The Bertz CT molecular complexity index is 624. The number of hydrogen-bond acceptors (Lipinski definition) is 2. The topological polar surface area (TPSA) is 46.5 Å². The molecule has 0 aromatic heterocycles. The first kappa shape index (κ1) is 18.5. The maximum absolute atomic E-state index is 12.0. The molecule has 2 aromatic carbocycles. The molecule has 0 saturated heterocycles. The van der Waals surface area contributed by atoms with Gasteiger partial charge in [-0.15, -0.1) is 0 Å². The molecule has 124 valence electrons. The Morgan fingerprint density at radius 3 is 2.17 bits per heavy atom. The number of alkyl halides is 3. The zero-order valence-electron chi connectivity index (χ0n) is 12.7. The Hall–Kier alpha value is -2.50. The molecule has 0 saturated carbocycles. The summed E-state index contributed by atoms with van der Waals surface area (Å²) in [6.45, 7) is 1.68. The maximum atomic E-state index is 12.0. The third kappa shape index (κ3) is 6.02. The van der Waals surface area contributed by atoms with Crippen LogP contribution in [0.2, 0.25) is 0 Å². The third-order valence-corrected chi connectivity index (χ3v) is 3.07. The summed E-state index contributed by atoms with van der Waals surface area (Å²) in [6.07, 6.45) is -4.30. The van der Waals surface area contributed by atoms with Gasteiger partial charge in [-0.2, -0.15) is 13.2 Å². The molecule has 0 aliphatic heterocycles. The summed E-state index contributed by atoms with van der Waals surface area (Å²) in [5.41, 5.74) is 0.154. The monoisotopic (exact) mass is 326 g/mol. The zero-order valence-corrected chi connectivity index (χ0v) is 12.7. The number of aliphatic carboxylic acids is 1. The summed E-state index contributed by atoms with van der Waals surface area (Å²) in [5, 5.41) is 8.64. The van der Waals surface area contributed by atoms with Gasteiger partial charge in [-0.25, -0.2) is 0 Å². The number of carboxylic acid groups (broad SMARTS) is 1. The van der Waals surface area contributed by atoms with E-state index < -0.39 is 23.6 Å². The van der Waals surface area contributed by atoms with Crippen LogP contribution in [0.5, 0.6) is 5.75 Å². The number of benzene rings is 2. The van der Waals surface area contributed by atoms with Gasteiger partial charge in [0.25, 0.3) is 0 Å². The van der Waals surface area contributed by atoms with Gasteiger partial charge < -0.3 is 9.84 Å². The van der Waals surface area contributed by atoms with Crippen molar-refractivity contribution in [2.45, 2.75) is 19.0 Å². The average Bonchev–Trinajstić information content (AvgIpc) is 2.54. The second-order valence-corrected chi connectivity index (χ2v) is 4.70. The molecule has 23 heavy (non-hydrogen) atoms. The molecule has 2 rings (SSSR count). The molecule has 1 N–H and O–H groups in total. The molecule has 0 radical (unpaired) electrons. The smallest absolute Gasteiger partial charge is 0.416 e. The minimum absolute atomic E-state index is 0.213. The lowest BCUT2D eigenvalue weighted by molar-refractivity contribution is -0.139. The molecule has 0 heterocycles. The van der Waals surface area contributed by atoms with Gasteiger partial charge in [-0.05, 0) is 30.7 Å². The largest absolute Gasteiger partial charge is 0.497 e. The van der Waals surface area contributed by atoms with E-state index in [1.165, 1.54) is 19.2 Å². The van der Waals surface area contributed by atoms with Crippen molar-refractivity contribution in [2.75, 3.05) is 7.11 Å². The molecular weight excluding hydrogens is 309 g/mol. The zero-order chi connectivity index (χ0) is 17.5. The van der Waals surface area contributed by atoms with Gasteiger partial charge in [0.15, 0.2) is 0 Å². The van der Waals surface area contributed by atoms with Gasteiger partial charge in [-0.3, -0.25) is 4.79 Å². The number of carboxylic acids is 1. The minimum Gasteiger partial charge on any atom is -0.497 e. The highest BCUT2D eigenvalue weighted by Crippen LogP contribution is 2.30. The van der Waals surface area contributed by atoms with E-state index in [4.69, 9.17) is 5.11 Å². The number of methoxy groups -OCH3 is 1. The van der Waals surface area contributed by atoms with Crippen LogP contribution in [0.1, 0.15) is 24.0 Å². The van der Waals surface area contributed by atoms with Gasteiger partial charge in [0.1, 0.15) is 5.75 Å². The molecule has 0 aliphatic rings. The summed E-state index contributed by atoms with van der Waals surface area (Å²) in [6, 6.07) is 13.9. The summed E-state index contributed by atoms with van der Waals surface area (Å²) < 4.78 is 40.8. The van der Waals surface area contributed by atoms with Crippen molar-refractivity contribution in [1.29, 1.82) is 0 Å². The van der Waals surface area contributed by atoms with E-state index in [0.29, 0.717) is 0 Å². The lowest BCUT2D eigenvalue weighted by Gasteiger charge is -2.07. The quantitative estimate of drug-likeness (QED) is 0.897. The van der Waals surface area contributed by atoms with Crippen LogP contribution in [0, 0.1) is 0 Å². The number of ether oxygens (including phenoxy) is 1. The Morgan fingerprint density at radius 1 is 1.09 bits per heavy atom. The summed E-state index contributed by atoms with van der Waals surface area (Å²) >= 11 is 0. The third-order valence-electron chi connectivity index (χ3n) is 3.07. The Labute approximate surface area is 132 Å². The van der Waals surface area contributed by atoms with Gasteiger partial charge in [0, 0.05) is 0 Å². The second kappa shape index (κ2) is 8.22. The van der Waals surface area contributed by atoms with Gasteiger partial charge in [0.05, 0.1) is 18.6 Å². The molecule has 1 atom stereocenters. The number of carbonyl (C=O) groups is 1. The molecule has 6 heteroatoms. The number of halogens is 3. The fourth-order valence-electron chi connectivity index (χ4n) is 1.68. The first-order chi connectivity index (χ1) is 10.8. The van der Waals surface area contributed by atoms with Crippen molar-refractivity contribution in [3.63, 3.8) is 0 Å². The normalized spacial score (nSPS) is 11.9. The predicted molar refractivity (Wildman–Crippen MR) is 80.5 cm³/mol. The molecule has 0 spiro atoms. The SMILES string of the molecule is CC(C(=O)O)c1ccccc1.COc1cccc(C(F)(F)F)c1. The van der Waals surface area contributed by atoms with E-state index in [2.05, 4.69) is 4.74 Å². The lowest BCUT2D eigenvalue weighted by atomic mass is 10.0. The second-order valence-electron chi connectivity index (χ2n) is 4.70. The van der Waals surface area contributed by atoms with E-state index in [1.54, 1.807) is 6.92 Å².